The molecule has 0 fully saturated rings. The molecule has 0 bridgehead atoms. The fraction of sp³-hybridized carbons (Fsp3) is 0.111. The van der Waals surface area contributed by atoms with E-state index in [2.05, 4.69) is 29.4 Å². The minimum atomic E-state index is -0.226. The number of thiazole rings is 1. The molecule has 23 heavy (non-hydrogen) atoms. The van der Waals surface area contributed by atoms with E-state index >= 15 is 0 Å². The molecule has 3 rings (SSSR count). The second-order valence-corrected chi connectivity index (χ2v) is 6.18. The number of anilines is 1. The van der Waals surface area contributed by atoms with Gasteiger partial charge >= 0.3 is 0 Å². The summed E-state index contributed by atoms with van der Waals surface area (Å²) in [5.74, 6) is -0.186. The highest BCUT2D eigenvalue weighted by molar-refractivity contribution is 7.13. The van der Waals surface area contributed by atoms with E-state index in [-0.39, 0.29) is 11.7 Å². The van der Waals surface area contributed by atoms with Gasteiger partial charge in [0.15, 0.2) is 0 Å². The maximum absolute atomic E-state index is 11.2. The Morgan fingerprint density at radius 2 is 2.00 bits per heavy atom. The Morgan fingerprint density at radius 1 is 1.17 bits per heavy atom. The summed E-state index contributed by atoms with van der Waals surface area (Å²) in [6, 6.07) is 13.3. The van der Waals surface area contributed by atoms with Crippen molar-refractivity contribution in [2.24, 2.45) is 0 Å². The van der Waals surface area contributed by atoms with Gasteiger partial charge < -0.3 is 10.4 Å². The average molecular weight is 324 g/mol. The summed E-state index contributed by atoms with van der Waals surface area (Å²) in [5.41, 5.74) is 4.33. The largest absolute Gasteiger partial charge is 0.506 e. The number of hydrogen-bond acceptors (Lipinski definition) is 4. The number of benzene rings is 2. The molecule has 0 atom stereocenters. The third kappa shape index (κ3) is 3.40. The number of carbonyl (C=O) groups excluding carboxylic acids is 1. The van der Waals surface area contributed by atoms with Gasteiger partial charge in [0.25, 0.3) is 0 Å². The van der Waals surface area contributed by atoms with Crippen LogP contribution in [0, 0.1) is 6.92 Å². The van der Waals surface area contributed by atoms with E-state index in [4.69, 9.17) is 0 Å². The first-order valence-corrected chi connectivity index (χ1v) is 8.04. The lowest BCUT2D eigenvalue weighted by atomic mass is 10.1. The zero-order valence-electron chi connectivity index (χ0n) is 12.8. The maximum Gasteiger partial charge on any atom is 0.221 e. The van der Waals surface area contributed by atoms with Crippen LogP contribution in [0.2, 0.25) is 0 Å². The van der Waals surface area contributed by atoms with Crippen LogP contribution in [0.4, 0.5) is 5.69 Å². The third-order valence-electron chi connectivity index (χ3n) is 3.37. The van der Waals surface area contributed by atoms with E-state index in [1.54, 1.807) is 29.5 Å². The molecule has 3 aromatic rings. The van der Waals surface area contributed by atoms with E-state index in [1.165, 1.54) is 12.5 Å². The Balaban J connectivity index is 1.96. The van der Waals surface area contributed by atoms with Gasteiger partial charge in [-0.15, -0.1) is 11.3 Å². The second kappa shape index (κ2) is 6.22. The number of amides is 1. The molecule has 0 saturated heterocycles. The molecule has 0 radical (unpaired) electrons. The number of aryl methyl sites for hydroxylation is 1. The van der Waals surface area contributed by atoms with Crippen molar-refractivity contribution < 1.29 is 9.90 Å². The molecule has 0 spiro atoms. The first-order chi connectivity index (χ1) is 11.0. The van der Waals surface area contributed by atoms with Gasteiger partial charge in [-0.25, -0.2) is 4.98 Å². The Kier molecular flexibility index (Phi) is 4.12. The lowest BCUT2D eigenvalue weighted by molar-refractivity contribution is -0.114. The number of nitrogens with one attached hydrogen (secondary N) is 1. The van der Waals surface area contributed by atoms with Crippen LogP contribution in [-0.4, -0.2) is 16.0 Å². The van der Waals surface area contributed by atoms with Crippen LogP contribution < -0.4 is 5.32 Å². The van der Waals surface area contributed by atoms with Gasteiger partial charge in [-0.1, -0.05) is 23.8 Å². The standard InChI is InChI=1S/C18H16N2O2S/c1-11-4-3-5-14(8-11)18-20-16(10-23-18)13-6-7-17(22)15(9-13)19-12(2)21/h3-10,22H,1-2H3,(H,19,21). The Morgan fingerprint density at radius 3 is 2.74 bits per heavy atom. The molecule has 1 amide bonds. The molecule has 116 valence electrons. The molecule has 1 aromatic heterocycles. The van der Waals surface area contributed by atoms with Crippen LogP contribution >= 0.6 is 11.3 Å². The Bertz CT molecular complexity index is 871. The zero-order valence-corrected chi connectivity index (χ0v) is 13.6. The van der Waals surface area contributed by atoms with Gasteiger partial charge in [-0.2, -0.15) is 0 Å². The monoisotopic (exact) mass is 324 g/mol. The summed E-state index contributed by atoms with van der Waals surface area (Å²) in [4.78, 5) is 15.9. The molecule has 0 unspecified atom stereocenters. The number of aromatic hydroxyl groups is 1. The second-order valence-electron chi connectivity index (χ2n) is 5.32. The van der Waals surface area contributed by atoms with Gasteiger partial charge in [0.05, 0.1) is 11.4 Å². The third-order valence-corrected chi connectivity index (χ3v) is 4.26. The minimum Gasteiger partial charge on any atom is -0.506 e. The summed E-state index contributed by atoms with van der Waals surface area (Å²) in [5, 5.41) is 15.3. The topological polar surface area (TPSA) is 62.2 Å². The van der Waals surface area contributed by atoms with E-state index in [0.29, 0.717) is 5.69 Å². The molecule has 4 nitrogen and oxygen atoms in total. The highest BCUT2D eigenvalue weighted by Gasteiger charge is 2.10. The van der Waals surface area contributed by atoms with Crippen molar-refractivity contribution in [1.82, 2.24) is 4.98 Å². The number of phenols is 1. The van der Waals surface area contributed by atoms with E-state index in [1.807, 2.05) is 17.5 Å². The van der Waals surface area contributed by atoms with E-state index in [9.17, 15) is 9.90 Å². The van der Waals surface area contributed by atoms with Crippen LogP contribution in [0.1, 0.15) is 12.5 Å². The number of hydrogen-bond donors (Lipinski definition) is 2. The fourth-order valence-electron chi connectivity index (χ4n) is 2.30. The van der Waals surface area contributed by atoms with Crippen molar-refractivity contribution in [2.75, 3.05) is 5.32 Å². The predicted molar refractivity (Wildman–Crippen MR) is 93.7 cm³/mol. The van der Waals surface area contributed by atoms with Crippen molar-refractivity contribution in [1.29, 1.82) is 0 Å². The number of aromatic nitrogens is 1. The van der Waals surface area contributed by atoms with Crippen molar-refractivity contribution >= 4 is 22.9 Å². The minimum absolute atomic E-state index is 0.0399. The van der Waals surface area contributed by atoms with Crippen LogP contribution in [0.25, 0.3) is 21.8 Å². The molecule has 1 heterocycles. The smallest absolute Gasteiger partial charge is 0.221 e. The van der Waals surface area contributed by atoms with Crippen LogP contribution in [0.15, 0.2) is 47.8 Å². The van der Waals surface area contributed by atoms with E-state index in [0.717, 1.165) is 21.8 Å². The SMILES string of the molecule is CC(=O)Nc1cc(-c2csc(-c3cccc(C)c3)n2)ccc1O. The van der Waals surface area contributed by atoms with Gasteiger partial charge in [-0.05, 0) is 31.2 Å². The summed E-state index contributed by atoms with van der Waals surface area (Å²) in [7, 11) is 0. The highest BCUT2D eigenvalue weighted by atomic mass is 32.1. The lowest BCUT2D eigenvalue weighted by Gasteiger charge is -2.06. The highest BCUT2D eigenvalue weighted by Crippen LogP contribution is 2.33. The Labute approximate surface area is 138 Å². The van der Waals surface area contributed by atoms with Crippen molar-refractivity contribution in [2.45, 2.75) is 13.8 Å². The molecule has 5 heteroatoms. The van der Waals surface area contributed by atoms with E-state index < -0.39 is 0 Å². The first-order valence-electron chi connectivity index (χ1n) is 7.16. The quantitative estimate of drug-likeness (QED) is 0.700. The molecule has 0 aliphatic heterocycles. The number of rotatable bonds is 3. The summed E-state index contributed by atoms with van der Waals surface area (Å²) >= 11 is 1.57. The van der Waals surface area contributed by atoms with Crippen molar-refractivity contribution in [3.05, 3.63) is 53.4 Å². The molecule has 0 aliphatic carbocycles. The van der Waals surface area contributed by atoms with Crippen LogP contribution in [0.5, 0.6) is 5.75 Å². The molecular formula is C18H16N2O2S. The number of nitrogens with zero attached hydrogens (tertiary/aromatic N) is 1. The molecular weight excluding hydrogens is 308 g/mol. The fourth-order valence-corrected chi connectivity index (χ4v) is 3.13. The maximum atomic E-state index is 11.2. The average Bonchev–Trinajstić information content (AvgIpc) is 2.99. The number of phenolic OH excluding ortho intramolecular Hbond substituents is 1. The Hall–Kier alpha value is -2.66. The molecule has 0 saturated carbocycles. The van der Waals surface area contributed by atoms with Gasteiger partial charge in [0.1, 0.15) is 10.8 Å². The zero-order chi connectivity index (χ0) is 16.4. The van der Waals surface area contributed by atoms with Crippen molar-refractivity contribution in [3.8, 4) is 27.6 Å². The van der Waals surface area contributed by atoms with Gasteiger partial charge in [-0.3, -0.25) is 4.79 Å². The molecule has 2 aromatic carbocycles. The van der Waals surface area contributed by atoms with Crippen LogP contribution in [-0.2, 0) is 4.79 Å². The van der Waals surface area contributed by atoms with Crippen LogP contribution in [0.3, 0.4) is 0 Å². The first kappa shape index (κ1) is 15.2. The summed E-state index contributed by atoms with van der Waals surface area (Å²) in [6.45, 7) is 3.46. The molecule has 0 aliphatic rings. The summed E-state index contributed by atoms with van der Waals surface area (Å²) in [6.07, 6.45) is 0. The van der Waals surface area contributed by atoms with Gasteiger partial charge in [0, 0.05) is 23.4 Å². The predicted octanol–water partition coefficient (Wildman–Crippen LogP) is 4.45. The normalized spacial score (nSPS) is 10.5. The van der Waals surface area contributed by atoms with Crippen molar-refractivity contribution in [3.63, 3.8) is 0 Å². The molecule has 2 N–H and O–H groups in total. The number of carbonyl (C=O) groups is 1. The summed E-state index contributed by atoms with van der Waals surface area (Å²) < 4.78 is 0. The van der Waals surface area contributed by atoms with Gasteiger partial charge in [0.2, 0.25) is 5.91 Å². The lowest BCUT2D eigenvalue weighted by Crippen LogP contribution is -2.05.